The Hall–Kier alpha value is -3.66. The van der Waals surface area contributed by atoms with Crippen LogP contribution in [0, 0.1) is 5.82 Å². The SMILES string of the molecule is NC(=O)N1CCC(n2cc(-c3cn(S(=O)(=O)c4ccccc4)c4cc(F)ccc34)cn2)CC1. The third kappa shape index (κ3) is 3.76. The van der Waals surface area contributed by atoms with Gasteiger partial charge in [0.1, 0.15) is 5.82 Å². The number of carbonyl (C=O) groups is 1. The third-order valence-corrected chi connectivity index (χ3v) is 7.78. The minimum atomic E-state index is -3.92. The molecule has 2 aromatic carbocycles. The number of nitrogens with two attached hydrogens (primary N) is 1. The molecular formula is C23H22FN5O3S. The van der Waals surface area contributed by atoms with E-state index in [9.17, 15) is 17.6 Å². The molecule has 5 rings (SSSR count). The number of nitrogens with zero attached hydrogens (tertiary/aromatic N) is 4. The summed E-state index contributed by atoms with van der Waals surface area (Å²) in [6.45, 7) is 1.12. The van der Waals surface area contributed by atoms with Crippen molar-refractivity contribution in [2.45, 2.75) is 23.8 Å². The van der Waals surface area contributed by atoms with E-state index in [4.69, 9.17) is 5.73 Å². The second kappa shape index (κ2) is 8.04. The summed E-state index contributed by atoms with van der Waals surface area (Å²) in [6.07, 6.45) is 6.50. The first-order valence-electron chi connectivity index (χ1n) is 10.5. The number of benzene rings is 2. The maximum absolute atomic E-state index is 14.1. The van der Waals surface area contributed by atoms with Crippen LogP contribution in [0.4, 0.5) is 9.18 Å². The number of carbonyl (C=O) groups excluding carboxylic acids is 1. The summed E-state index contributed by atoms with van der Waals surface area (Å²) in [7, 11) is -3.92. The smallest absolute Gasteiger partial charge is 0.314 e. The Morgan fingerprint density at radius 1 is 1.06 bits per heavy atom. The Balaban J connectivity index is 1.55. The highest BCUT2D eigenvalue weighted by Gasteiger charge is 2.25. The van der Waals surface area contributed by atoms with Crippen LogP contribution in [-0.2, 0) is 10.0 Å². The molecule has 1 fully saturated rings. The van der Waals surface area contributed by atoms with Gasteiger partial charge in [-0.2, -0.15) is 5.10 Å². The normalized spacial score (nSPS) is 15.2. The fourth-order valence-electron chi connectivity index (χ4n) is 4.33. The molecule has 2 N–H and O–H groups in total. The molecule has 0 aliphatic carbocycles. The molecule has 170 valence electrons. The first-order valence-corrected chi connectivity index (χ1v) is 12.0. The summed E-state index contributed by atoms with van der Waals surface area (Å²) < 4.78 is 43.7. The minimum absolute atomic E-state index is 0.105. The minimum Gasteiger partial charge on any atom is -0.351 e. The Bertz CT molecular complexity index is 1440. The number of piperidine rings is 1. The number of amides is 2. The van der Waals surface area contributed by atoms with Crippen LogP contribution in [-0.4, -0.2) is 46.2 Å². The van der Waals surface area contributed by atoms with Gasteiger partial charge < -0.3 is 10.6 Å². The van der Waals surface area contributed by atoms with E-state index < -0.39 is 21.9 Å². The molecule has 3 heterocycles. The zero-order valence-electron chi connectivity index (χ0n) is 17.6. The molecule has 0 saturated carbocycles. The summed E-state index contributed by atoms with van der Waals surface area (Å²) in [6, 6.07) is 11.9. The topological polar surface area (TPSA) is 103 Å². The lowest BCUT2D eigenvalue weighted by Crippen LogP contribution is -2.42. The van der Waals surface area contributed by atoms with Gasteiger partial charge in [0.15, 0.2) is 0 Å². The molecule has 2 amide bonds. The molecule has 8 nitrogen and oxygen atoms in total. The highest BCUT2D eigenvalue weighted by molar-refractivity contribution is 7.90. The van der Waals surface area contributed by atoms with E-state index >= 15 is 0 Å². The number of hydrogen-bond donors (Lipinski definition) is 1. The van der Waals surface area contributed by atoms with Crippen molar-refractivity contribution in [2.24, 2.45) is 5.73 Å². The van der Waals surface area contributed by atoms with Crippen molar-refractivity contribution < 1.29 is 17.6 Å². The Morgan fingerprint density at radius 3 is 2.48 bits per heavy atom. The molecule has 0 unspecified atom stereocenters. The Labute approximate surface area is 190 Å². The second-order valence-corrected chi connectivity index (χ2v) is 9.90. The molecule has 0 bridgehead atoms. The summed E-state index contributed by atoms with van der Waals surface area (Å²) in [4.78, 5) is 13.1. The van der Waals surface area contributed by atoms with E-state index in [1.807, 2.05) is 10.9 Å². The number of primary amides is 1. The van der Waals surface area contributed by atoms with Gasteiger partial charge in [0, 0.05) is 42.0 Å². The molecule has 10 heteroatoms. The predicted molar refractivity (Wildman–Crippen MR) is 122 cm³/mol. The Morgan fingerprint density at radius 2 is 1.79 bits per heavy atom. The van der Waals surface area contributed by atoms with Crippen LogP contribution in [0.3, 0.4) is 0 Å². The molecule has 1 aliphatic heterocycles. The van der Waals surface area contributed by atoms with Gasteiger partial charge >= 0.3 is 6.03 Å². The molecule has 0 spiro atoms. The van der Waals surface area contributed by atoms with Crippen molar-refractivity contribution >= 4 is 27.0 Å². The van der Waals surface area contributed by atoms with Gasteiger partial charge in [-0.05, 0) is 43.2 Å². The zero-order valence-corrected chi connectivity index (χ0v) is 18.5. The zero-order chi connectivity index (χ0) is 23.2. The first kappa shape index (κ1) is 21.2. The van der Waals surface area contributed by atoms with Gasteiger partial charge in [-0.1, -0.05) is 18.2 Å². The predicted octanol–water partition coefficient (Wildman–Crippen LogP) is 3.60. The van der Waals surface area contributed by atoms with E-state index in [0.29, 0.717) is 24.0 Å². The monoisotopic (exact) mass is 467 g/mol. The number of halogens is 1. The average molecular weight is 468 g/mol. The maximum atomic E-state index is 14.1. The molecule has 33 heavy (non-hydrogen) atoms. The van der Waals surface area contributed by atoms with Crippen LogP contribution in [0.15, 0.2) is 72.0 Å². The summed E-state index contributed by atoms with van der Waals surface area (Å²) in [5, 5.41) is 5.10. The fraction of sp³-hybridized carbons (Fsp3) is 0.217. The average Bonchev–Trinajstić information content (AvgIpc) is 3.45. The van der Waals surface area contributed by atoms with Gasteiger partial charge in [0.05, 0.1) is 22.7 Å². The largest absolute Gasteiger partial charge is 0.351 e. The van der Waals surface area contributed by atoms with Crippen LogP contribution in [0.2, 0.25) is 0 Å². The number of likely N-dealkylation sites (tertiary alicyclic amines) is 1. The number of urea groups is 1. The second-order valence-electron chi connectivity index (χ2n) is 8.08. The molecule has 0 radical (unpaired) electrons. The quantitative estimate of drug-likeness (QED) is 0.495. The summed E-state index contributed by atoms with van der Waals surface area (Å²) in [5.41, 5.74) is 6.99. The van der Waals surface area contributed by atoms with Crippen molar-refractivity contribution in [3.05, 3.63) is 72.9 Å². The molecule has 1 aliphatic rings. The lowest BCUT2D eigenvalue weighted by Gasteiger charge is -2.30. The van der Waals surface area contributed by atoms with Crippen LogP contribution < -0.4 is 5.73 Å². The highest BCUT2D eigenvalue weighted by Crippen LogP contribution is 2.34. The van der Waals surface area contributed by atoms with Crippen molar-refractivity contribution in [2.75, 3.05) is 13.1 Å². The fourth-order valence-corrected chi connectivity index (χ4v) is 5.72. The maximum Gasteiger partial charge on any atom is 0.314 e. The summed E-state index contributed by atoms with van der Waals surface area (Å²) in [5.74, 6) is -0.520. The molecule has 4 aromatic rings. The standard InChI is InChI=1S/C23H22FN5O3S/c24-17-6-7-20-21(15-29(22(20)12-17)33(31,32)19-4-2-1-3-5-19)16-13-26-28(14-16)18-8-10-27(11-9-18)23(25)30/h1-7,12-15,18H,8-11H2,(H2,25,30). The van der Waals surface area contributed by atoms with Crippen molar-refractivity contribution in [3.63, 3.8) is 0 Å². The van der Waals surface area contributed by atoms with Gasteiger partial charge in [0.2, 0.25) is 0 Å². The summed E-state index contributed by atoms with van der Waals surface area (Å²) >= 11 is 0. The van der Waals surface area contributed by atoms with E-state index in [1.54, 1.807) is 35.4 Å². The van der Waals surface area contributed by atoms with Crippen LogP contribution in [0.5, 0.6) is 0 Å². The van der Waals surface area contributed by atoms with E-state index in [0.717, 1.165) is 22.4 Å². The molecular weight excluding hydrogens is 445 g/mol. The van der Waals surface area contributed by atoms with Gasteiger partial charge in [-0.3, -0.25) is 4.68 Å². The van der Waals surface area contributed by atoms with Crippen LogP contribution in [0.1, 0.15) is 18.9 Å². The number of hydrogen-bond acceptors (Lipinski definition) is 4. The van der Waals surface area contributed by atoms with Gasteiger partial charge in [0.25, 0.3) is 10.0 Å². The van der Waals surface area contributed by atoms with Gasteiger partial charge in [-0.15, -0.1) is 0 Å². The number of fused-ring (bicyclic) bond motifs is 1. The lowest BCUT2D eigenvalue weighted by molar-refractivity contribution is 0.177. The molecule has 1 saturated heterocycles. The van der Waals surface area contributed by atoms with E-state index in [2.05, 4.69) is 5.10 Å². The first-order chi connectivity index (χ1) is 15.8. The van der Waals surface area contributed by atoms with Crippen molar-refractivity contribution in [3.8, 4) is 11.1 Å². The van der Waals surface area contributed by atoms with Crippen LogP contribution >= 0.6 is 0 Å². The third-order valence-electron chi connectivity index (χ3n) is 6.10. The number of aromatic nitrogens is 3. The lowest BCUT2D eigenvalue weighted by atomic mass is 10.1. The van der Waals surface area contributed by atoms with E-state index in [1.165, 1.54) is 30.5 Å². The van der Waals surface area contributed by atoms with E-state index in [-0.39, 0.29) is 16.5 Å². The van der Waals surface area contributed by atoms with Gasteiger partial charge in [-0.25, -0.2) is 21.6 Å². The van der Waals surface area contributed by atoms with Crippen molar-refractivity contribution in [1.82, 2.24) is 18.7 Å². The molecule has 2 aromatic heterocycles. The van der Waals surface area contributed by atoms with Crippen molar-refractivity contribution in [1.29, 1.82) is 0 Å². The Kier molecular flexibility index (Phi) is 5.16. The number of rotatable bonds is 4. The molecule has 0 atom stereocenters. The van der Waals surface area contributed by atoms with Crippen LogP contribution in [0.25, 0.3) is 22.0 Å². The highest BCUT2D eigenvalue weighted by atomic mass is 32.2.